The molecular formula is C9H10BrNO. The second-order valence-electron chi connectivity index (χ2n) is 2.94. The molecule has 0 radical (unpaired) electrons. The van der Waals surface area contributed by atoms with Gasteiger partial charge in [0.15, 0.2) is 5.01 Å². The summed E-state index contributed by atoms with van der Waals surface area (Å²) in [6.45, 7) is 0. The Morgan fingerprint density at radius 3 is 3.00 bits per heavy atom. The molecule has 0 aromatic heterocycles. The third-order valence-electron chi connectivity index (χ3n) is 2.00. The van der Waals surface area contributed by atoms with Crippen LogP contribution in [0.15, 0.2) is 24.3 Å². The zero-order valence-electron chi connectivity index (χ0n) is 6.53. The predicted molar refractivity (Wildman–Crippen MR) is 51.5 cm³/mol. The van der Waals surface area contributed by atoms with Crippen molar-refractivity contribution >= 4 is 15.9 Å². The van der Waals surface area contributed by atoms with E-state index < -0.39 is 0 Å². The standard InChI is InChI=1S/C9H10BrNO/c10-9-7(11)5-6-3-1-2-4-8(6)12-9/h1-4,7,9H,5,11H2. The molecule has 0 saturated carbocycles. The maximum Gasteiger partial charge on any atom is 0.168 e. The van der Waals surface area contributed by atoms with Crippen LogP contribution in [0.2, 0.25) is 0 Å². The molecule has 2 nitrogen and oxygen atoms in total. The lowest BCUT2D eigenvalue weighted by Crippen LogP contribution is -2.39. The predicted octanol–water partition coefficient (Wildman–Crippen LogP) is 1.67. The molecule has 2 N–H and O–H groups in total. The zero-order chi connectivity index (χ0) is 8.55. The number of rotatable bonds is 0. The van der Waals surface area contributed by atoms with Gasteiger partial charge in [0.05, 0.1) is 6.04 Å². The molecule has 0 amide bonds. The fraction of sp³-hybridized carbons (Fsp3) is 0.333. The average molecular weight is 228 g/mol. The van der Waals surface area contributed by atoms with Crippen molar-refractivity contribution in [1.82, 2.24) is 0 Å². The van der Waals surface area contributed by atoms with Gasteiger partial charge in [0.25, 0.3) is 0 Å². The summed E-state index contributed by atoms with van der Waals surface area (Å²) in [6, 6.07) is 8.04. The third-order valence-corrected chi connectivity index (χ3v) is 2.87. The number of ether oxygens (including phenoxy) is 1. The van der Waals surface area contributed by atoms with Gasteiger partial charge in [-0.1, -0.05) is 18.2 Å². The first-order valence-electron chi connectivity index (χ1n) is 3.91. The van der Waals surface area contributed by atoms with Crippen LogP contribution in [0.25, 0.3) is 0 Å². The number of fused-ring (bicyclic) bond motifs is 1. The van der Waals surface area contributed by atoms with Gasteiger partial charge >= 0.3 is 0 Å². The minimum atomic E-state index is -0.0487. The van der Waals surface area contributed by atoms with E-state index >= 15 is 0 Å². The SMILES string of the molecule is NC1Cc2ccccc2OC1Br. The largest absolute Gasteiger partial charge is 0.477 e. The van der Waals surface area contributed by atoms with Crippen molar-refractivity contribution in [3.63, 3.8) is 0 Å². The molecule has 2 atom stereocenters. The second-order valence-corrected chi connectivity index (χ2v) is 3.85. The fourth-order valence-corrected chi connectivity index (χ4v) is 1.73. The van der Waals surface area contributed by atoms with Crippen LogP contribution >= 0.6 is 15.9 Å². The van der Waals surface area contributed by atoms with Gasteiger partial charge in [0, 0.05) is 0 Å². The lowest BCUT2D eigenvalue weighted by molar-refractivity contribution is 0.237. The van der Waals surface area contributed by atoms with Gasteiger partial charge in [0.1, 0.15) is 5.75 Å². The van der Waals surface area contributed by atoms with Gasteiger partial charge < -0.3 is 10.5 Å². The van der Waals surface area contributed by atoms with Crippen LogP contribution in [0.3, 0.4) is 0 Å². The van der Waals surface area contributed by atoms with Crippen LogP contribution in [0, 0.1) is 0 Å². The van der Waals surface area contributed by atoms with Crippen molar-refractivity contribution in [3.05, 3.63) is 29.8 Å². The number of benzene rings is 1. The Balaban J connectivity index is 2.34. The summed E-state index contributed by atoms with van der Waals surface area (Å²) >= 11 is 3.38. The van der Waals surface area contributed by atoms with E-state index in [4.69, 9.17) is 10.5 Å². The van der Waals surface area contributed by atoms with Gasteiger partial charge in [0.2, 0.25) is 0 Å². The first kappa shape index (κ1) is 8.08. The highest BCUT2D eigenvalue weighted by Crippen LogP contribution is 2.28. The molecule has 1 aliphatic rings. The van der Waals surface area contributed by atoms with E-state index in [0.717, 1.165) is 12.2 Å². The average Bonchev–Trinajstić information content (AvgIpc) is 2.07. The third kappa shape index (κ3) is 1.34. The molecule has 1 aliphatic heterocycles. The minimum absolute atomic E-state index is 0.0487. The molecular weight excluding hydrogens is 218 g/mol. The molecule has 1 aromatic rings. The number of nitrogens with two attached hydrogens (primary N) is 1. The number of halogens is 1. The quantitative estimate of drug-likeness (QED) is 0.685. The van der Waals surface area contributed by atoms with Gasteiger partial charge in [-0.3, -0.25) is 0 Å². The van der Waals surface area contributed by atoms with Gasteiger partial charge in [-0.05, 0) is 34.0 Å². The normalized spacial score (nSPS) is 27.5. The van der Waals surface area contributed by atoms with Crippen LogP contribution in [-0.4, -0.2) is 11.1 Å². The summed E-state index contributed by atoms with van der Waals surface area (Å²) in [7, 11) is 0. The Morgan fingerprint density at radius 2 is 2.17 bits per heavy atom. The molecule has 2 unspecified atom stereocenters. The van der Waals surface area contributed by atoms with Crippen LogP contribution < -0.4 is 10.5 Å². The van der Waals surface area contributed by atoms with E-state index in [-0.39, 0.29) is 11.1 Å². The van der Waals surface area contributed by atoms with Crippen molar-refractivity contribution in [3.8, 4) is 5.75 Å². The molecule has 0 fully saturated rings. The number of hydrogen-bond donors (Lipinski definition) is 1. The van der Waals surface area contributed by atoms with Crippen LogP contribution in [-0.2, 0) is 6.42 Å². The van der Waals surface area contributed by atoms with E-state index in [2.05, 4.69) is 15.9 Å². The molecule has 64 valence electrons. The number of alkyl halides is 1. The topological polar surface area (TPSA) is 35.2 Å². The molecule has 2 rings (SSSR count). The highest BCUT2D eigenvalue weighted by Gasteiger charge is 2.23. The molecule has 12 heavy (non-hydrogen) atoms. The number of para-hydroxylation sites is 1. The summed E-state index contributed by atoms with van der Waals surface area (Å²) in [6.07, 6.45) is 0.881. The zero-order valence-corrected chi connectivity index (χ0v) is 8.12. The van der Waals surface area contributed by atoms with Crippen molar-refractivity contribution in [2.24, 2.45) is 5.73 Å². The van der Waals surface area contributed by atoms with Crippen LogP contribution in [0.4, 0.5) is 0 Å². The van der Waals surface area contributed by atoms with Gasteiger partial charge in [-0.15, -0.1) is 0 Å². The fourth-order valence-electron chi connectivity index (χ4n) is 1.34. The maximum atomic E-state index is 5.82. The molecule has 0 bridgehead atoms. The second kappa shape index (κ2) is 3.07. The Morgan fingerprint density at radius 1 is 1.42 bits per heavy atom. The first-order chi connectivity index (χ1) is 5.77. The van der Waals surface area contributed by atoms with E-state index in [1.165, 1.54) is 5.56 Å². The van der Waals surface area contributed by atoms with E-state index in [0.29, 0.717) is 0 Å². The van der Waals surface area contributed by atoms with Crippen molar-refractivity contribution in [1.29, 1.82) is 0 Å². The van der Waals surface area contributed by atoms with Gasteiger partial charge in [-0.2, -0.15) is 0 Å². The minimum Gasteiger partial charge on any atom is -0.477 e. The van der Waals surface area contributed by atoms with Crippen molar-refractivity contribution in [2.75, 3.05) is 0 Å². The van der Waals surface area contributed by atoms with E-state index in [9.17, 15) is 0 Å². The first-order valence-corrected chi connectivity index (χ1v) is 4.83. The molecule has 0 spiro atoms. The summed E-state index contributed by atoms with van der Waals surface area (Å²) in [5, 5.41) is -0.0487. The summed E-state index contributed by atoms with van der Waals surface area (Å²) in [5.41, 5.74) is 7.02. The Bertz CT molecular complexity index is 261. The number of hydrogen-bond acceptors (Lipinski definition) is 2. The summed E-state index contributed by atoms with van der Waals surface area (Å²) < 4.78 is 5.54. The highest BCUT2D eigenvalue weighted by atomic mass is 79.9. The molecule has 1 aromatic carbocycles. The lowest BCUT2D eigenvalue weighted by Gasteiger charge is -2.27. The maximum absolute atomic E-state index is 5.82. The Hall–Kier alpha value is -0.540. The molecule has 1 heterocycles. The summed E-state index contributed by atoms with van der Waals surface area (Å²) in [4.78, 5) is 0. The summed E-state index contributed by atoms with van der Waals surface area (Å²) in [5.74, 6) is 0.945. The highest BCUT2D eigenvalue weighted by molar-refractivity contribution is 9.09. The van der Waals surface area contributed by atoms with Crippen LogP contribution in [0.5, 0.6) is 5.75 Å². The van der Waals surface area contributed by atoms with Gasteiger partial charge in [-0.25, -0.2) is 0 Å². The van der Waals surface area contributed by atoms with Crippen molar-refractivity contribution in [2.45, 2.75) is 17.5 Å². The molecule has 0 aliphatic carbocycles. The van der Waals surface area contributed by atoms with E-state index in [1.807, 2.05) is 24.3 Å². The Labute approximate surface area is 79.8 Å². The van der Waals surface area contributed by atoms with Crippen molar-refractivity contribution < 1.29 is 4.74 Å². The molecule has 0 saturated heterocycles. The monoisotopic (exact) mass is 227 g/mol. The Kier molecular flexibility index (Phi) is 2.07. The smallest absolute Gasteiger partial charge is 0.168 e. The lowest BCUT2D eigenvalue weighted by atomic mass is 10.0. The van der Waals surface area contributed by atoms with Crippen LogP contribution in [0.1, 0.15) is 5.56 Å². The molecule has 3 heteroatoms. The van der Waals surface area contributed by atoms with E-state index in [1.54, 1.807) is 0 Å².